The maximum Gasteiger partial charge on any atom is 0.326 e. The van der Waals surface area contributed by atoms with E-state index in [4.69, 9.17) is 21.7 Å². The normalized spacial score (nSPS) is 15.0. The average Bonchev–Trinajstić information content (AvgIpc) is 2.71. The largest absolute Gasteiger partial charge is 0.481 e. The molecule has 0 fully saturated rings. The van der Waals surface area contributed by atoms with E-state index >= 15 is 0 Å². The molecule has 4 amide bonds. The Kier molecular flexibility index (Phi) is 12.8. The fourth-order valence-electron chi connectivity index (χ4n) is 2.50. The van der Waals surface area contributed by atoms with Crippen LogP contribution in [0.3, 0.4) is 0 Å². The lowest BCUT2D eigenvalue weighted by Gasteiger charge is -2.24. The lowest BCUT2D eigenvalue weighted by atomic mass is 10.1. The molecule has 0 aliphatic carbocycles. The number of nitrogens with two attached hydrogens (primary N) is 2. The molecule has 0 saturated carbocycles. The van der Waals surface area contributed by atoms with Crippen LogP contribution in [-0.4, -0.2) is 92.2 Å². The zero-order valence-corrected chi connectivity index (χ0v) is 18.2. The van der Waals surface area contributed by atoms with E-state index in [1.54, 1.807) is 0 Å². The number of carboxylic acids is 3. The molecule has 0 aliphatic rings. The lowest BCUT2D eigenvalue weighted by Crippen LogP contribution is -2.58. The summed E-state index contributed by atoms with van der Waals surface area (Å²) in [6, 6.07) is -6.50. The van der Waals surface area contributed by atoms with Crippen LogP contribution >= 0.6 is 0 Å². The van der Waals surface area contributed by atoms with Gasteiger partial charge in [0.15, 0.2) is 0 Å². The van der Waals surface area contributed by atoms with E-state index in [-0.39, 0.29) is 12.8 Å². The van der Waals surface area contributed by atoms with Crippen molar-refractivity contribution in [1.82, 2.24) is 16.0 Å². The van der Waals surface area contributed by atoms with E-state index in [0.717, 1.165) is 0 Å². The summed E-state index contributed by atoms with van der Waals surface area (Å²) in [6.45, 7) is 1.18. The molecule has 0 aromatic rings. The molecule has 11 N–H and O–H groups in total. The van der Waals surface area contributed by atoms with Crippen molar-refractivity contribution < 1.29 is 54.0 Å². The van der Waals surface area contributed by atoms with Crippen molar-refractivity contribution >= 4 is 41.5 Å². The summed E-state index contributed by atoms with van der Waals surface area (Å²) in [7, 11) is 0. The van der Waals surface area contributed by atoms with Crippen LogP contribution in [0.5, 0.6) is 0 Å². The van der Waals surface area contributed by atoms with E-state index < -0.39 is 91.1 Å². The number of carbonyl (C=O) groups excluding carboxylic acids is 4. The molecule has 0 aliphatic heterocycles. The molecule has 0 saturated heterocycles. The minimum Gasteiger partial charge on any atom is -0.481 e. The Hall–Kier alpha value is -3.79. The summed E-state index contributed by atoms with van der Waals surface area (Å²) in [4.78, 5) is 81.5. The average molecular weight is 491 g/mol. The minimum absolute atomic E-state index is 0.384. The topological polar surface area (TPSA) is 289 Å². The number of hydrogen-bond donors (Lipinski definition) is 9. The number of carboxylic acid groups (broad SMARTS) is 3. The van der Waals surface area contributed by atoms with Gasteiger partial charge in [-0.25, -0.2) is 4.79 Å². The third kappa shape index (κ3) is 11.7. The number of carbonyl (C=O) groups is 7. The van der Waals surface area contributed by atoms with Crippen molar-refractivity contribution in [1.29, 1.82) is 0 Å². The molecule has 0 rings (SSSR count). The lowest BCUT2D eigenvalue weighted by molar-refractivity contribution is -0.144. The summed E-state index contributed by atoms with van der Waals surface area (Å²) < 4.78 is 0. The molecule has 0 aromatic heterocycles. The quantitative estimate of drug-likeness (QED) is 0.0993. The molecule has 0 radical (unpaired) electrons. The smallest absolute Gasteiger partial charge is 0.326 e. The number of primary amides is 1. The van der Waals surface area contributed by atoms with Gasteiger partial charge in [-0.3, -0.25) is 28.8 Å². The summed E-state index contributed by atoms with van der Waals surface area (Å²) >= 11 is 0. The second-order valence-corrected chi connectivity index (χ2v) is 7.32. The zero-order valence-electron chi connectivity index (χ0n) is 18.2. The van der Waals surface area contributed by atoms with Crippen LogP contribution in [0.2, 0.25) is 0 Å². The zero-order chi connectivity index (χ0) is 26.6. The maximum absolute atomic E-state index is 12.6. The van der Waals surface area contributed by atoms with Crippen molar-refractivity contribution in [3.8, 4) is 0 Å². The highest BCUT2D eigenvalue weighted by molar-refractivity contribution is 5.96. The maximum atomic E-state index is 12.6. The third-order valence-electron chi connectivity index (χ3n) is 4.41. The fraction of sp³-hybridized carbons (Fsp3) is 0.611. The van der Waals surface area contributed by atoms with Gasteiger partial charge in [-0.05, 0) is 19.8 Å². The van der Waals surface area contributed by atoms with Gasteiger partial charge in [0.25, 0.3) is 0 Å². The van der Waals surface area contributed by atoms with Gasteiger partial charge in [0.1, 0.15) is 24.2 Å². The first kappa shape index (κ1) is 30.2. The summed E-state index contributed by atoms with van der Waals surface area (Å²) in [5.74, 6) is -8.64. The first-order valence-corrected chi connectivity index (χ1v) is 9.95. The summed E-state index contributed by atoms with van der Waals surface area (Å²) in [5.41, 5.74) is 10.4. The predicted octanol–water partition coefficient (Wildman–Crippen LogP) is -4.16. The molecule has 5 atom stereocenters. The number of hydrogen-bond acceptors (Lipinski definition) is 9. The Balaban J connectivity index is 5.61. The first-order valence-electron chi connectivity index (χ1n) is 9.95. The van der Waals surface area contributed by atoms with Gasteiger partial charge in [0.05, 0.1) is 12.5 Å². The van der Waals surface area contributed by atoms with Crippen molar-refractivity contribution in [3.63, 3.8) is 0 Å². The van der Waals surface area contributed by atoms with Crippen LogP contribution in [0, 0.1) is 0 Å². The van der Waals surface area contributed by atoms with Gasteiger partial charge in [-0.2, -0.15) is 0 Å². The molecular formula is C18H29N5O11. The molecule has 5 unspecified atom stereocenters. The SMILES string of the molecule is CC(O)C(N)C(=O)NC(CC(=O)O)C(=O)NC(CCC(=O)O)C(=O)NC(CCC(N)=O)C(=O)O. The highest BCUT2D eigenvalue weighted by Crippen LogP contribution is 2.05. The highest BCUT2D eigenvalue weighted by Gasteiger charge is 2.32. The minimum atomic E-state index is -1.76. The van der Waals surface area contributed by atoms with Gasteiger partial charge in [0.2, 0.25) is 23.6 Å². The predicted molar refractivity (Wildman–Crippen MR) is 111 cm³/mol. The molecule has 0 spiro atoms. The number of amides is 4. The Labute approximate surface area is 193 Å². The second kappa shape index (κ2) is 14.4. The Morgan fingerprint density at radius 1 is 0.735 bits per heavy atom. The van der Waals surface area contributed by atoms with E-state index in [9.17, 15) is 43.8 Å². The Morgan fingerprint density at radius 3 is 1.65 bits per heavy atom. The first-order chi connectivity index (χ1) is 15.6. The molecule has 16 nitrogen and oxygen atoms in total. The van der Waals surface area contributed by atoms with Crippen molar-refractivity contribution in [3.05, 3.63) is 0 Å². The molecule has 0 aromatic carbocycles. The number of nitrogens with one attached hydrogen (secondary N) is 3. The van der Waals surface area contributed by atoms with Crippen LogP contribution < -0.4 is 27.4 Å². The fourth-order valence-corrected chi connectivity index (χ4v) is 2.50. The summed E-state index contributed by atoms with van der Waals surface area (Å²) in [6.07, 6.45) is -4.22. The van der Waals surface area contributed by atoms with Crippen molar-refractivity contribution in [2.45, 2.75) is 69.3 Å². The van der Waals surface area contributed by atoms with Crippen LogP contribution in [0.1, 0.15) is 39.0 Å². The molecule has 0 heterocycles. The van der Waals surface area contributed by atoms with Crippen molar-refractivity contribution in [2.24, 2.45) is 11.5 Å². The van der Waals surface area contributed by atoms with Gasteiger partial charge in [-0.15, -0.1) is 0 Å². The number of aliphatic carboxylic acids is 3. The van der Waals surface area contributed by atoms with Crippen molar-refractivity contribution in [2.75, 3.05) is 0 Å². The van der Waals surface area contributed by atoms with Gasteiger partial charge < -0.3 is 47.8 Å². The standard InChI is InChI=1S/C18H29N5O11/c1-7(24)14(20)17(32)23-10(6-13(28)29)16(31)21-8(3-5-12(26)27)15(30)22-9(18(33)34)2-4-11(19)25/h7-10,14,24H,2-6,20H2,1H3,(H2,19,25)(H,21,31)(H,22,30)(H,23,32)(H,26,27)(H,28,29)(H,33,34). The van der Waals surface area contributed by atoms with Crippen LogP contribution in [0.15, 0.2) is 0 Å². The third-order valence-corrected chi connectivity index (χ3v) is 4.41. The molecular weight excluding hydrogens is 462 g/mol. The van der Waals surface area contributed by atoms with Gasteiger partial charge in [0, 0.05) is 12.8 Å². The van der Waals surface area contributed by atoms with E-state index in [1.807, 2.05) is 10.6 Å². The Bertz CT molecular complexity index is 801. The van der Waals surface area contributed by atoms with E-state index in [0.29, 0.717) is 0 Å². The Morgan fingerprint density at radius 2 is 1.21 bits per heavy atom. The molecule has 0 bridgehead atoms. The van der Waals surface area contributed by atoms with Crippen LogP contribution in [0.4, 0.5) is 0 Å². The van der Waals surface area contributed by atoms with Gasteiger partial charge >= 0.3 is 17.9 Å². The number of rotatable bonds is 16. The summed E-state index contributed by atoms with van der Waals surface area (Å²) in [5, 5.41) is 42.7. The number of aliphatic hydroxyl groups excluding tert-OH is 1. The van der Waals surface area contributed by atoms with Gasteiger partial charge in [-0.1, -0.05) is 0 Å². The van der Waals surface area contributed by atoms with E-state index in [1.165, 1.54) is 6.92 Å². The monoisotopic (exact) mass is 491 g/mol. The molecule has 16 heteroatoms. The number of aliphatic hydroxyl groups is 1. The van der Waals surface area contributed by atoms with Crippen LogP contribution in [-0.2, 0) is 33.6 Å². The second-order valence-electron chi connectivity index (χ2n) is 7.32. The molecule has 34 heavy (non-hydrogen) atoms. The molecule has 192 valence electrons. The van der Waals surface area contributed by atoms with Crippen LogP contribution in [0.25, 0.3) is 0 Å². The highest BCUT2D eigenvalue weighted by atomic mass is 16.4. The van der Waals surface area contributed by atoms with E-state index in [2.05, 4.69) is 5.32 Å².